The van der Waals surface area contributed by atoms with Gasteiger partial charge in [0.2, 0.25) is 0 Å². The van der Waals surface area contributed by atoms with Crippen molar-refractivity contribution < 1.29 is 19.1 Å². The lowest BCUT2D eigenvalue weighted by atomic mass is 10.2. The fourth-order valence-corrected chi connectivity index (χ4v) is 1.62. The quantitative estimate of drug-likeness (QED) is 0.475. The van der Waals surface area contributed by atoms with Crippen LogP contribution in [0.4, 0.5) is 5.69 Å². The third-order valence-corrected chi connectivity index (χ3v) is 2.69. The Balaban J connectivity index is 2.72. The van der Waals surface area contributed by atoms with E-state index in [-0.39, 0.29) is 17.9 Å². The molecular formula is C15H20N2O4. The zero-order chi connectivity index (χ0) is 15.7. The van der Waals surface area contributed by atoms with E-state index in [0.29, 0.717) is 6.54 Å². The van der Waals surface area contributed by atoms with Gasteiger partial charge in [-0.25, -0.2) is 4.79 Å². The Morgan fingerprint density at radius 1 is 1.10 bits per heavy atom. The predicted octanol–water partition coefficient (Wildman–Crippen LogP) is 1.72. The van der Waals surface area contributed by atoms with Gasteiger partial charge in [0.15, 0.2) is 0 Å². The number of esters is 1. The number of ether oxygens (including phenoxy) is 1. The van der Waals surface area contributed by atoms with Crippen LogP contribution in [0.25, 0.3) is 0 Å². The summed E-state index contributed by atoms with van der Waals surface area (Å²) in [5, 5.41) is 4.94. The molecule has 2 N–H and O–H groups in total. The van der Waals surface area contributed by atoms with E-state index in [0.717, 1.165) is 12.8 Å². The van der Waals surface area contributed by atoms with Crippen molar-refractivity contribution in [3.8, 4) is 0 Å². The SMILES string of the molecule is CCCCNC(=O)C(=O)Nc1ccccc1C(=O)OCC. The fourth-order valence-electron chi connectivity index (χ4n) is 1.62. The van der Waals surface area contributed by atoms with Gasteiger partial charge in [-0.3, -0.25) is 9.59 Å². The molecule has 0 aromatic heterocycles. The number of amides is 2. The van der Waals surface area contributed by atoms with Crippen LogP contribution in [0.15, 0.2) is 24.3 Å². The maximum absolute atomic E-state index is 11.8. The van der Waals surface area contributed by atoms with Crippen molar-refractivity contribution >= 4 is 23.5 Å². The lowest BCUT2D eigenvalue weighted by Gasteiger charge is -2.10. The first-order chi connectivity index (χ1) is 10.1. The average Bonchev–Trinajstić information content (AvgIpc) is 2.48. The second kappa shape index (κ2) is 8.73. The molecular weight excluding hydrogens is 272 g/mol. The van der Waals surface area contributed by atoms with Crippen LogP contribution in [0.5, 0.6) is 0 Å². The van der Waals surface area contributed by atoms with Gasteiger partial charge in [-0.2, -0.15) is 0 Å². The highest BCUT2D eigenvalue weighted by Crippen LogP contribution is 2.16. The van der Waals surface area contributed by atoms with Crippen LogP contribution >= 0.6 is 0 Å². The summed E-state index contributed by atoms with van der Waals surface area (Å²) in [6.07, 6.45) is 1.73. The van der Waals surface area contributed by atoms with Gasteiger partial charge in [-0.1, -0.05) is 25.5 Å². The van der Waals surface area contributed by atoms with E-state index in [9.17, 15) is 14.4 Å². The van der Waals surface area contributed by atoms with Crippen molar-refractivity contribution in [2.24, 2.45) is 0 Å². The molecule has 2 amide bonds. The van der Waals surface area contributed by atoms with E-state index >= 15 is 0 Å². The van der Waals surface area contributed by atoms with Crippen LogP contribution in [0, 0.1) is 0 Å². The molecule has 0 spiro atoms. The van der Waals surface area contributed by atoms with Gasteiger partial charge in [0.1, 0.15) is 0 Å². The summed E-state index contributed by atoms with van der Waals surface area (Å²) in [5.41, 5.74) is 0.473. The molecule has 0 fully saturated rings. The van der Waals surface area contributed by atoms with Gasteiger partial charge < -0.3 is 15.4 Å². The minimum absolute atomic E-state index is 0.217. The maximum atomic E-state index is 11.8. The number of unbranched alkanes of at least 4 members (excludes halogenated alkanes) is 1. The smallest absolute Gasteiger partial charge is 0.340 e. The summed E-state index contributed by atoms with van der Waals surface area (Å²) in [5.74, 6) is -2.07. The molecule has 0 saturated carbocycles. The van der Waals surface area contributed by atoms with E-state index in [4.69, 9.17) is 4.74 Å². The zero-order valence-electron chi connectivity index (χ0n) is 12.3. The summed E-state index contributed by atoms with van der Waals surface area (Å²) < 4.78 is 4.90. The number of rotatable bonds is 6. The van der Waals surface area contributed by atoms with Gasteiger partial charge >= 0.3 is 17.8 Å². The summed E-state index contributed by atoms with van der Waals surface area (Å²) in [4.78, 5) is 35.1. The Bertz CT molecular complexity index is 514. The maximum Gasteiger partial charge on any atom is 0.340 e. The summed E-state index contributed by atoms with van der Waals surface area (Å²) in [6.45, 7) is 4.36. The van der Waals surface area contributed by atoms with Crippen LogP contribution in [0.3, 0.4) is 0 Å². The molecule has 1 aromatic rings. The first-order valence-electron chi connectivity index (χ1n) is 6.95. The number of nitrogens with one attached hydrogen (secondary N) is 2. The molecule has 0 bridgehead atoms. The Morgan fingerprint density at radius 3 is 2.48 bits per heavy atom. The van der Waals surface area contributed by atoms with Crippen LogP contribution in [-0.2, 0) is 14.3 Å². The fraction of sp³-hybridized carbons (Fsp3) is 0.400. The molecule has 0 radical (unpaired) electrons. The van der Waals surface area contributed by atoms with Crippen LogP contribution in [-0.4, -0.2) is 30.9 Å². The van der Waals surface area contributed by atoms with Crippen molar-refractivity contribution in [2.45, 2.75) is 26.7 Å². The van der Waals surface area contributed by atoms with Gasteiger partial charge in [0.05, 0.1) is 17.9 Å². The zero-order valence-corrected chi connectivity index (χ0v) is 12.3. The highest BCUT2D eigenvalue weighted by atomic mass is 16.5. The van der Waals surface area contributed by atoms with Crippen molar-refractivity contribution in [2.75, 3.05) is 18.5 Å². The summed E-state index contributed by atoms with van der Waals surface area (Å²) in [7, 11) is 0. The third-order valence-electron chi connectivity index (χ3n) is 2.69. The number of hydrogen-bond donors (Lipinski definition) is 2. The Morgan fingerprint density at radius 2 is 1.81 bits per heavy atom. The molecule has 0 atom stereocenters. The Hall–Kier alpha value is -2.37. The molecule has 6 heteroatoms. The molecule has 6 nitrogen and oxygen atoms in total. The molecule has 0 heterocycles. The second-order valence-electron chi connectivity index (χ2n) is 4.33. The standard InChI is InChI=1S/C15H20N2O4/c1-3-5-10-16-13(18)14(19)17-12-9-7-6-8-11(12)15(20)21-4-2/h6-9H,3-5,10H2,1-2H3,(H,16,18)(H,17,19). The first-order valence-corrected chi connectivity index (χ1v) is 6.95. The van der Waals surface area contributed by atoms with Gasteiger partial charge in [0.25, 0.3) is 0 Å². The topological polar surface area (TPSA) is 84.5 Å². The molecule has 114 valence electrons. The summed E-state index contributed by atoms with van der Waals surface area (Å²) >= 11 is 0. The molecule has 0 aliphatic heterocycles. The molecule has 21 heavy (non-hydrogen) atoms. The van der Waals surface area contributed by atoms with E-state index in [1.807, 2.05) is 6.92 Å². The van der Waals surface area contributed by atoms with Crippen molar-refractivity contribution in [3.05, 3.63) is 29.8 Å². The molecule has 1 rings (SSSR count). The first kappa shape index (κ1) is 16.7. The van der Waals surface area contributed by atoms with E-state index in [2.05, 4.69) is 10.6 Å². The lowest BCUT2D eigenvalue weighted by Crippen LogP contribution is -2.36. The largest absolute Gasteiger partial charge is 0.462 e. The molecule has 0 saturated heterocycles. The van der Waals surface area contributed by atoms with Gasteiger partial charge in [-0.15, -0.1) is 0 Å². The number of carbonyl (C=O) groups excluding carboxylic acids is 3. The minimum Gasteiger partial charge on any atom is -0.462 e. The highest BCUT2D eigenvalue weighted by Gasteiger charge is 2.17. The molecule has 1 aromatic carbocycles. The second-order valence-corrected chi connectivity index (χ2v) is 4.33. The molecule has 0 aliphatic rings. The Kier molecular flexibility index (Phi) is 6.94. The Labute approximate surface area is 123 Å². The number of carbonyl (C=O) groups is 3. The lowest BCUT2D eigenvalue weighted by molar-refractivity contribution is -0.136. The predicted molar refractivity (Wildman–Crippen MR) is 78.9 cm³/mol. The van der Waals surface area contributed by atoms with E-state index in [1.54, 1.807) is 25.1 Å². The van der Waals surface area contributed by atoms with Crippen molar-refractivity contribution in [1.82, 2.24) is 5.32 Å². The van der Waals surface area contributed by atoms with E-state index in [1.165, 1.54) is 6.07 Å². The highest BCUT2D eigenvalue weighted by molar-refractivity contribution is 6.40. The number of para-hydroxylation sites is 1. The normalized spacial score (nSPS) is 9.81. The van der Waals surface area contributed by atoms with Gasteiger partial charge in [-0.05, 0) is 25.5 Å². The average molecular weight is 292 g/mol. The molecule has 0 aliphatic carbocycles. The molecule has 0 unspecified atom stereocenters. The number of benzene rings is 1. The third kappa shape index (κ3) is 5.25. The van der Waals surface area contributed by atoms with Crippen LogP contribution < -0.4 is 10.6 Å². The van der Waals surface area contributed by atoms with E-state index < -0.39 is 17.8 Å². The van der Waals surface area contributed by atoms with Crippen molar-refractivity contribution in [1.29, 1.82) is 0 Å². The van der Waals surface area contributed by atoms with Gasteiger partial charge in [0, 0.05) is 6.54 Å². The minimum atomic E-state index is -0.803. The summed E-state index contributed by atoms with van der Waals surface area (Å²) in [6, 6.07) is 6.39. The monoisotopic (exact) mass is 292 g/mol. The van der Waals surface area contributed by atoms with Crippen LogP contribution in [0.2, 0.25) is 0 Å². The van der Waals surface area contributed by atoms with Crippen LogP contribution in [0.1, 0.15) is 37.0 Å². The number of hydrogen-bond acceptors (Lipinski definition) is 4. The number of anilines is 1. The van der Waals surface area contributed by atoms with Crippen molar-refractivity contribution in [3.63, 3.8) is 0 Å².